The summed E-state index contributed by atoms with van der Waals surface area (Å²) < 4.78 is 1.27. The second-order valence-corrected chi connectivity index (χ2v) is 6.84. The lowest BCUT2D eigenvalue weighted by molar-refractivity contribution is 0.531. The van der Waals surface area contributed by atoms with Crippen LogP contribution in [0.5, 0.6) is 0 Å². The number of hydrogen-bond acceptors (Lipinski definition) is 4. The van der Waals surface area contributed by atoms with Gasteiger partial charge in [0.1, 0.15) is 0 Å². The number of pyridine rings is 1. The summed E-state index contributed by atoms with van der Waals surface area (Å²) in [5.41, 5.74) is 2.39. The maximum absolute atomic E-state index is 4.57. The first-order valence-corrected chi connectivity index (χ1v) is 8.71. The molecule has 0 aromatic carbocycles. The topological polar surface area (TPSA) is 24.9 Å². The van der Waals surface area contributed by atoms with Crippen molar-refractivity contribution in [3.8, 4) is 0 Å². The van der Waals surface area contributed by atoms with Crippen molar-refractivity contribution >= 4 is 32.9 Å². The van der Waals surface area contributed by atoms with Gasteiger partial charge in [-0.1, -0.05) is 13.0 Å². The summed E-state index contributed by atoms with van der Waals surface area (Å²) >= 11 is 3.59. The van der Waals surface area contributed by atoms with E-state index in [0.717, 1.165) is 24.9 Å². The van der Waals surface area contributed by atoms with Crippen molar-refractivity contribution in [1.82, 2.24) is 10.3 Å². The third-order valence-corrected chi connectivity index (χ3v) is 5.10. The third-order valence-electron chi connectivity index (χ3n) is 3.35. The molecule has 0 amide bonds. The average molecular weight is 302 g/mol. The van der Waals surface area contributed by atoms with Crippen LogP contribution in [0, 0.1) is 0 Å². The zero-order valence-corrected chi connectivity index (χ0v) is 13.1. The molecule has 0 aliphatic rings. The molecule has 2 nitrogen and oxygen atoms in total. The molecule has 0 bridgehead atoms. The van der Waals surface area contributed by atoms with Gasteiger partial charge < -0.3 is 5.32 Å². The van der Waals surface area contributed by atoms with E-state index < -0.39 is 0 Å². The molecule has 4 heteroatoms. The number of hydrogen-bond donors (Lipinski definition) is 1. The molecule has 3 aromatic rings. The highest BCUT2D eigenvalue weighted by molar-refractivity contribution is 7.17. The van der Waals surface area contributed by atoms with Crippen molar-refractivity contribution in [2.45, 2.75) is 25.8 Å². The molecule has 3 rings (SSSR count). The zero-order valence-electron chi connectivity index (χ0n) is 11.5. The second-order valence-electron chi connectivity index (χ2n) is 4.86. The highest BCUT2D eigenvalue weighted by Gasteiger charge is 2.13. The molecule has 3 aromatic heterocycles. The Bertz CT molecular complexity index is 658. The van der Waals surface area contributed by atoms with E-state index in [9.17, 15) is 0 Å². The number of fused-ring (bicyclic) bond motifs is 1. The normalized spacial score (nSPS) is 12.8. The van der Waals surface area contributed by atoms with Gasteiger partial charge in [-0.05, 0) is 47.5 Å². The lowest BCUT2D eigenvalue weighted by Gasteiger charge is -2.18. The van der Waals surface area contributed by atoms with E-state index in [1.807, 2.05) is 17.5 Å². The van der Waals surface area contributed by atoms with E-state index >= 15 is 0 Å². The van der Waals surface area contributed by atoms with Crippen LogP contribution in [0.4, 0.5) is 0 Å². The molecule has 3 heterocycles. The van der Waals surface area contributed by atoms with E-state index in [1.54, 1.807) is 11.3 Å². The van der Waals surface area contributed by atoms with Crippen molar-refractivity contribution in [3.05, 3.63) is 51.7 Å². The highest BCUT2D eigenvalue weighted by Crippen LogP contribution is 2.26. The summed E-state index contributed by atoms with van der Waals surface area (Å²) in [6.07, 6.45) is 4.21. The summed E-state index contributed by atoms with van der Waals surface area (Å²) in [5.74, 6) is 0. The fraction of sp³-hybridized carbons (Fsp3) is 0.312. The van der Waals surface area contributed by atoms with Crippen LogP contribution in [0.25, 0.3) is 10.2 Å². The molecule has 0 saturated carbocycles. The Morgan fingerprint density at radius 2 is 2.20 bits per heavy atom. The van der Waals surface area contributed by atoms with Crippen molar-refractivity contribution in [2.75, 3.05) is 6.54 Å². The van der Waals surface area contributed by atoms with Crippen molar-refractivity contribution < 1.29 is 0 Å². The summed E-state index contributed by atoms with van der Waals surface area (Å²) in [7, 11) is 0. The van der Waals surface area contributed by atoms with E-state index in [2.05, 4.69) is 52.3 Å². The SMILES string of the molecule is CCCNC(Cc1cccs1)c1cnc2ccsc2c1. The van der Waals surface area contributed by atoms with Crippen molar-refractivity contribution in [1.29, 1.82) is 0 Å². The van der Waals surface area contributed by atoms with Gasteiger partial charge in [0.15, 0.2) is 0 Å². The minimum Gasteiger partial charge on any atom is -0.310 e. The van der Waals surface area contributed by atoms with Crippen LogP contribution in [-0.4, -0.2) is 11.5 Å². The van der Waals surface area contributed by atoms with Crippen LogP contribution in [0.1, 0.15) is 29.8 Å². The minimum atomic E-state index is 0.354. The molecule has 0 fully saturated rings. The van der Waals surface area contributed by atoms with Gasteiger partial charge in [0, 0.05) is 23.5 Å². The predicted octanol–water partition coefficient (Wildman–Crippen LogP) is 4.64. The quantitative estimate of drug-likeness (QED) is 0.717. The van der Waals surface area contributed by atoms with E-state index in [0.29, 0.717) is 6.04 Å². The number of nitrogens with one attached hydrogen (secondary N) is 1. The Hall–Kier alpha value is -1.23. The van der Waals surface area contributed by atoms with Gasteiger partial charge in [0.2, 0.25) is 0 Å². The molecule has 104 valence electrons. The average Bonchev–Trinajstić information content (AvgIpc) is 3.13. The van der Waals surface area contributed by atoms with Crippen LogP contribution in [0.15, 0.2) is 41.2 Å². The predicted molar refractivity (Wildman–Crippen MR) is 88.7 cm³/mol. The molecule has 1 unspecified atom stereocenters. The van der Waals surface area contributed by atoms with Crippen LogP contribution >= 0.6 is 22.7 Å². The van der Waals surface area contributed by atoms with Gasteiger partial charge in [-0.2, -0.15) is 0 Å². The molecule has 0 radical (unpaired) electrons. The molecule has 1 N–H and O–H groups in total. The highest BCUT2D eigenvalue weighted by atomic mass is 32.1. The number of aromatic nitrogens is 1. The van der Waals surface area contributed by atoms with Gasteiger partial charge in [-0.15, -0.1) is 22.7 Å². The number of nitrogens with zero attached hydrogens (tertiary/aromatic N) is 1. The fourth-order valence-electron chi connectivity index (χ4n) is 2.31. The Morgan fingerprint density at radius 3 is 3.00 bits per heavy atom. The Balaban J connectivity index is 1.86. The minimum absolute atomic E-state index is 0.354. The fourth-order valence-corrected chi connectivity index (χ4v) is 3.85. The third kappa shape index (κ3) is 3.08. The summed E-state index contributed by atoms with van der Waals surface area (Å²) in [6.45, 7) is 3.24. The summed E-state index contributed by atoms with van der Waals surface area (Å²) in [5, 5.41) is 7.90. The monoisotopic (exact) mass is 302 g/mol. The summed E-state index contributed by atoms with van der Waals surface area (Å²) in [4.78, 5) is 5.99. The molecule has 0 saturated heterocycles. The van der Waals surface area contributed by atoms with Crippen molar-refractivity contribution in [2.24, 2.45) is 0 Å². The first-order chi connectivity index (χ1) is 9.86. The summed E-state index contributed by atoms with van der Waals surface area (Å²) in [6, 6.07) is 9.05. The van der Waals surface area contributed by atoms with Crippen LogP contribution in [-0.2, 0) is 6.42 Å². The largest absolute Gasteiger partial charge is 0.310 e. The van der Waals surface area contributed by atoms with Gasteiger partial charge in [0.25, 0.3) is 0 Å². The van der Waals surface area contributed by atoms with Crippen molar-refractivity contribution in [3.63, 3.8) is 0 Å². The Kier molecular flexibility index (Phi) is 4.45. The molecule has 1 atom stereocenters. The van der Waals surface area contributed by atoms with Gasteiger partial charge >= 0.3 is 0 Å². The van der Waals surface area contributed by atoms with Gasteiger partial charge in [-0.25, -0.2) is 0 Å². The smallest absolute Gasteiger partial charge is 0.0809 e. The first kappa shape index (κ1) is 13.7. The maximum Gasteiger partial charge on any atom is 0.0809 e. The van der Waals surface area contributed by atoms with E-state index in [4.69, 9.17) is 0 Å². The zero-order chi connectivity index (χ0) is 13.8. The van der Waals surface area contributed by atoms with E-state index in [1.165, 1.54) is 15.1 Å². The lowest BCUT2D eigenvalue weighted by Crippen LogP contribution is -2.23. The molecule has 20 heavy (non-hydrogen) atoms. The number of rotatable bonds is 6. The Morgan fingerprint density at radius 1 is 1.25 bits per heavy atom. The van der Waals surface area contributed by atoms with Gasteiger partial charge in [-0.3, -0.25) is 4.98 Å². The van der Waals surface area contributed by atoms with Crippen LogP contribution in [0.3, 0.4) is 0 Å². The maximum atomic E-state index is 4.57. The van der Waals surface area contributed by atoms with E-state index in [-0.39, 0.29) is 0 Å². The van der Waals surface area contributed by atoms with Crippen LogP contribution in [0.2, 0.25) is 0 Å². The number of thiophene rings is 2. The first-order valence-electron chi connectivity index (χ1n) is 6.95. The molecule has 0 aliphatic heterocycles. The molecule has 0 aliphatic carbocycles. The second kappa shape index (κ2) is 6.48. The molecule has 0 spiro atoms. The Labute approximate surface area is 127 Å². The molecular weight excluding hydrogens is 284 g/mol. The van der Waals surface area contributed by atoms with Gasteiger partial charge in [0.05, 0.1) is 10.2 Å². The molecular formula is C16H18N2S2. The lowest BCUT2D eigenvalue weighted by atomic mass is 10.0. The van der Waals surface area contributed by atoms with Crippen LogP contribution < -0.4 is 5.32 Å². The standard InChI is InChI=1S/C16H18N2S2/c1-2-6-17-15(10-13-4-3-7-19-13)12-9-16-14(18-11-12)5-8-20-16/h3-5,7-9,11,15,17H,2,6,10H2,1H3.